The van der Waals surface area contributed by atoms with Crippen molar-refractivity contribution in [2.24, 2.45) is 0 Å². The maximum atomic E-state index is 12.7. The summed E-state index contributed by atoms with van der Waals surface area (Å²) in [6.07, 6.45) is 4.30. The van der Waals surface area contributed by atoms with Gasteiger partial charge in [-0.25, -0.2) is 4.98 Å². The molecule has 2 aromatic rings. The van der Waals surface area contributed by atoms with Gasteiger partial charge in [-0.3, -0.25) is 9.59 Å². The number of morpholine rings is 1. The molecule has 1 atom stereocenters. The van der Waals surface area contributed by atoms with Crippen LogP contribution in [-0.4, -0.2) is 62.7 Å². The fraction of sp³-hybridized carbons (Fsp3) is 0.409. The lowest BCUT2D eigenvalue weighted by Gasteiger charge is -2.27. The van der Waals surface area contributed by atoms with Gasteiger partial charge >= 0.3 is 0 Å². The zero-order valence-electron chi connectivity index (χ0n) is 17.1. The molecule has 31 heavy (non-hydrogen) atoms. The van der Waals surface area contributed by atoms with Crippen molar-refractivity contribution in [1.29, 1.82) is 0 Å². The first-order valence-electron chi connectivity index (χ1n) is 10.4. The van der Waals surface area contributed by atoms with Gasteiger partial charge in [0.2, 0.25) is 6.41 Å². The number of hydrogen-bond acceptors (Lipinski definition) is 7. The molecule has 4 rings (SSSR count). The molecule has 4 heterocycles. The number of thiophene rings is 1. The minimum Gasteiger partial charge on any atom is -0.378 e. The highest BCUT2D eigenvalue weighted by Crippen LogP contribution is 2.27. The number of pyridine rings is 1. The third-order valence-electron chi connectivity index (χ3n) is 5.20. The molecule has 2 aromatic heterocycles. The first-order valence-corrected chi connectivity index (χ1v) is 11.2. The highest BCUT2D eigenvalue weighted by atomic mass is 32.1. The number of piperidine rings is 1. The summed E-state index contributed by atoms with van der Waals surface area (Å²) < 4.78 is 5.37. The number of ether oxygens (including phenoxy) is 1. The fourth-order valence-corrected chi connectivity index (χ4v) is 4.47. The van der Waals surface area contributed by atoms with Crippen molar-refractivity contribution in [2.75, 3.05) is 49.6 Å². The molecule has 2 fully saturated rings. The van der Waals surface area contributed by atoms with Crippen LogP contribution in [0.15, 0.2) is 24.4 Å². The minimum atomic E-state index is -0.187. The van der Waals surface area contributed by atoms with Crippen molar-refractivity contribution in [3.63, 3.8) is 0 Å². The molecule has 0 unspecified atom stereocenters. The lowest BCUT2D eigenvalue weighted by Crippen LogP contribution is -2.45. The van der Waals surface area contributed by atoms with Gasteiger partial charge in [0.05, 0.1) is 23.8 Å². The number of amides is 2. The molecule has 2 amide bonds. The molecular formula is C22H25N5O3S. The molecule has 0 aromatic carbocycles. The molecule has 162 valence electrons. The molecule has 8 nitrogen and oxygen atoms in total. The summed E-state index contributed by atoms with van der Waals surface area (Å²) >= 11 is 1.27. The van der Waals surface area contributed by atoms with Gasteiger partial charge in [0.15, 0.2) is 0 Å². The van der Waals surface area contributed by atoms with Crippen LogP contribution in [0.2, 0.25) is 0 Å². The Morgan fingerprint density at radius 3 is 2.90 bits per heavy atom. The Balaban J connectivity index is 1.46. The van der Waals surface area contributed by atoms with E-state index in [1.807, 2.05) is 12.1 Å². The standard InChI is InChI=1S/C22H25N5O3S/c28-15-25-19-12-18(31-21(19)22(29)26-17-2-1-7-23-14-17)5-3-16-4-6-20(24-13-16)27-8-10-30-11-9-27/h4,6,12-13,15,17,23H,1-2,7-11,14H2,(H,25,28)(H,26,29)/t17-/m0/s1. The van der Waals surface area contributed by atoms with E-state index in [0.29, 0.717) is 35.1 Å². The maximum absolute atomic E-state index is 12.7. The number of nitrogens with zero attached hydrogens (tertiary/aromatic N) is 2. The fourth-order valence-electron chi connectivity index (χ4n) is 3.59. The van der Waals surface area contributed by atoms with E-state index in [4.69, 9.17) is 4.74 Å². The number of anilines is 2. The molecule has 0 saturated carbocycles. The molecular weight excluding hydrogens is 414 g/mol. The van der Waals surface area contributed by atoms with Crippen molar-refractivity contribution in [1.82, 2.24) is 15.6 Å². The Morgan fingerprint density at radius 1 is 1.32 bits per heavy atom. The van der Waals surface area contributed by atoms with Crippen LogP contribution in [0.25, 0.3) is 0 Å². The summed E-state index contributed by atoms with van der Waals surface area (Å²) in [6, 6.07) is 5.72. The van der Waals surface area contributed by atoms with Crippen LogP contribution < -0.4 is 20.9 Å². The van der Waals surface area contributed by atoms with Gasteiger partial charge in [0, 0.05) is 37.4 Å². The largest absolute Gasteiger partial charge is 0.378 e. The summed E-state index contributed by atoms with van der Waals surface area (Å²) in [7, 11) is 0. The van der Waals surface area contributed by atoms with Gasteiger partial charge < -0.3 is 25.6 Å². The summed E-state index contributed by atoms with van der Waals surface area (Å²) in [4.78, 5) is 31.6. The smallest absolute Gasteiger partial charge is 0.263 e. The van der Waals surface area contributed by atoms with Crippen LogP contribution in [-0.2, 0) is 9.53 Å². The zero-order chi connectivity index (χ0) is 21.5. The summed E-state index contributed by atoms with van der Waals surface area (Å²) in [5.74, 6) is 6.90. The second kappa shape index (κ2) is 10.4. The quantitative estimate of drug-likeness (QED) is 0.482. The third kappa shape index (κ3) is 5.61. The number of carbonyl (C=O) groups excluding carboxylic acids is 2. The van der Waals surface area contributed by atoms with Gasteiger partial charge in [-0.05, 0) is 37.6 Å². The molecule has 3 N–H and O–H groups in total. The third-order valence-corrected chi connectivity index (χ3v) is 6.25. The highest BCUT2D eigenvalue weighted by molar-refractivity contribution is 7.15. The van der Waals surface area contributed by atoms with Crippen LogP contribution in [0.3, 0.4) is 0 Å². The number of nitrogens with one attached hydrogen (secondary N) is 3. The normalized spacial score (nSPS) is 18.6. The molecule has 0 radical (unpaired) electrons. The van der Waals surface area contributed by atoms with Crippen molar-refractivity contribution < 1.29 is 14.3 Å². The van der Waals surface area contributed by atoms with Gasteiger partial charge in [0.1, 0.15) is 10.7 Å². The molecule has 0 aliphatic carbocycles. The van der Waals surface area contributed by atoms with E-state index in [0.717, 1.165) is 50.4 Å². The Hall–Kier alpha value is -2.93. The number of hydrogen-bond donors (Lipinski definition) is 3. The van der Waals surface area contributed by atoms with Crippen LogP contribution >= 0.6 is 11.3 Å². The number of carbonyl (C=O) groups is 2. The zero-order valence-corrected chi connectivity index (χ0v) is 18.0. The average Bonchev–Trinajstić information content (AvgIpc) is 3.22. The van der Waals surface area contributed by atoms with E-state index in [-0.39, 0.29) is 11.9 Å². The van der Waals surface area contributed by atoms with Crippen molar-refractivity contribution in [3.05, 3.63) is 39.7 Å². The Bertz CT molecular complexity index is 967. The van der Waals surface area contributed by atoms with E-state index >= 15 is 0 Å². The lowest BCUT2D eigenvalue weighted by molar-refractivity contribution is -0.105. The van der Waals surface area contributed by atoms with Gasteiger partial charge in [-0.15, -0.1) is 11.3 Å². The summed E-state index contributed by atoms with van der Waals surface area (Å²) in [5.41, 5.74) is 1.26. The topological polar surface area (TPSA) is 95.6 Å². The molecule has 0 bridgehead atoms. The van der Waals surface area contributed by atoms with Crippen LogP contribution in [0.1, 0.15) is 33.0 Å². The van der Waals surface area contributed by atoms with Gasteiger partial charge in [-0.1, -0.05) is 11.8 Å². The second-order valence-electron chi connectivity index (χ2n) is 7.39. The van der Waals surface area contributed by atoms with E-state index in [9.17, 15) is 9.59 Å². The van der Waals surface area contributed by atoms with E-state index < -0.39 is 0 Å². The van der Waals surface area contributed by atoms with E-state index in [1.54, 1.807) is 12.3 Å². The molecule has 2 saturated heterocycles. The highest BCUT2D eigenvalue weighted by Gasteiger charge is 2.20. The average molecular weight is 440 g/mol. The van der Waals surface area contributed by atoms with Crippen LogP contribution in [0.4, 0.5) is 11.5 Å². The van der Waals surface area contributed by atoms with Crippen LogP contribution in [0.5, 0.6) is 0 Å². The Labute approximate surface area is 185 Å². The van der Waals surface area contributed by atoms with Crippen molar-refractivity contribution in [3.8, 4) is 11.8 Å². The Kier molecular flexibility index (Phi) is 7.14. The summed E-state index contributed by atoms with van der Waals surface area (Å²) in [6.45, 7) is 4.83. The maximum Gasteiger partial charge on any atom is 0.263 e. The number of rotatable bonds is 5. The second-order valence-corrected chi connectivity index (χ2v) is 8.44. The first-order chi connectivity index (χ1) is 15.2. The van der Waals surface area contributed by atoms with Crippen LogP contribution in [0, 0.1) is 11.8 Å². The molecule has 2 aliphatic rings. The van der Waals surface area contributed by atoms with Crippen molar-refractivity contribution >= 4 is 35.2 Å². The van der Waals surface area contributed by atoms with Gasteiger partial charge in [-0.2, -0.15) is 0 Å². The SMILES string of the molecule is O=CNc1cc(C#Cc2ccc(N3CCOCC3)nc2)sc1C(=O)N[C@H]1CCCNC1. The lowest BCUT2D eigenvalue weighted by atomic mass is 10.1. The first kappa shape index (κ1) is 21.3. The Morgan fingerprint density at radius 2 is 2.19 bits per heavy atom. The predicted molar refractivity (Wildman–Crippen MR) is 121 cm³/mol. The predicted octanol–water partition coefficient (Wildman–Crippen LogP) is 1.43. The summed E-state index contributed by atoms with van der Waals surface area (Å²) in [5, 5.41) is 8.93. The van der Waals surface area contributed by atoms with Crippen molar-refractivity contribution in [2.45, 2.75) is 18.9 Å². The van der Waals surface area contributed by atoms with E-state index in [2.05, 4.69) is 37.7 Å². The molecule has 0 spiro atoms. The van der Waals surface area contributed by atoms with E-state index in [1.165, 1.54) is 11.3 Å². The molecule has 2 aliphatic heterocycles. The van der Waals surface area contributed by atoms with Gasteiger partial charge in [0.25, 0.3) is 5.91 Å². The molecule has 9 heteroatoms. The number of aromatic nitrogens is 1. The monoisotopic (exact) mass is 439 g/mol. The minimum absolute atomic E-state index is 0.0954.